The molecule has 0 aromatic carbocycles. The Bertz CT molecular complexity index is 171. The van der Waals surface area contributed by atoms with Gasteiger partial charge in [-0.2, -0.15) is 0 Å². The highest BCUT2D eigenvalue weighted by atomic mass is 16.1. The number of hydrogen-bond donors (Lipinski definition) is 1. The maximum Gasteiger partial charge on any atom is 0.122 e. The van der Waals surface area contributed by atoms with E-state index in [1.54, 1.807) is 0 Å². The lowest BCUT2D eigenvalue weighted by Gasteiger charge is -2.34. The molecular formula is C12H26N2O. The summed E-state index contributed by atoms with van der Waals surface area (Å²) in [6.07, 6.45) is 3.59. The molecule has 1 heterocycles. The van der Waals surface area contributed by atoms with Crippen LogP contribution in [0, 0.1) is 5.92 Å². The summed E-state index contributed by atoms with van der Waals surface area (Å²) in [5.41, 5.74) is 0. The maximum absolute atomic E-state index is 9.50. The Kier molecular flexibility index (Phi) is 7.61. The van der Waals surface area contributed by atoms with Crippen LogP contribution < -0.4 is 5.32 Å². The van der Waals surface area contributed by atoms with Crippen molar-refractivity contribution in [3.05, 3.63) is 0 Å². The van der Waals surface area contributed by atoms with Crippen LogP contribution >= 0.6 is 0 Å². The fourth-order valence-electron chi connectivity index (χ4n) is 1.52. The summed E-state index contributed by atoms with van der Waals surface area (Å²) in [7, 11) is 4.25. The second kappa shape index (κ2) is 7.83. The average molecular weight is 214 g/mol. The number of hydrogen-bond acceptors (Lipinski definition) is 3. The van der Waals surface area contributed by atoms with Crippen LogP contribution in [0.2, 0.25) is 0 Å². The lowest BCUT2D eigenvalue weighted by molar-refractivity contribution is -0.110. The first-order valence-corrected chi connectivity index (χ1v) is 5.84. The van der Waals surface area contributed by atoms with Gasteiger partial charge in [-0.1, -0.05) is 13.8 Å². The molecule has 0 amide bonds. The topological polar surface area (TPSA) is 32.3 Å². The third-order valence-corrected chi connectivity index (χ3v) is 2.87. The van der Waals surface area contributed by atoms with Crippen molar-refractivity contribution >= 4 is 6.29 Å². The molecule has 1 saturated heterocycles. The molecule has 1 fully saturated rings. The van der Waals surface area contributed by atoms with E-state index in [0.717, 1.165) is 18.4 Å². The highest BCUT2D eigenvalue weighted by Crippen LogP contribution is 2.14. The smallest absolute Gasteiger partial charge is 0.122 e. The molecule has 1 N–H and O–H groups in total. The number of likely N-dealkylation sites (tertiary alicyclic amines) is 1. The fourth-order valence-corrected chi connectivity index (χ4v) is 1.52. The van der Waals surface area contributed by atoms with Crippen LogP contribution in [-0.4, -0.2) is 43.9 Å². The quantitative estimate of drug-likeness (QED) is 0.708. The van der Waals surface area contributed by atoms with E-state index in [0.29, 0.717) is 0 Å². The van der Waals surface area contributed by atoms with Crippen molar-refractivity contribution in [1.82, 2.24) is 10.2 Å². The fraction of sp³-hybridized carbons (Fsp3) is 0.917. The van der Waals surface area contributed by atoms with Crippen molar-refractivity contribution < 1.29 is 4.79 Å². The number of piperidine rings is 1. The van der Waals surface area contributed by atoms with Crippen molar-refractivity contribution in [3.63, 3.8) is 0 Å². The van der Waals surface area contributed by atoms with Crippen molar-refractivity contribution in [3.8, 4) is 0 Å². The maximum atomic E-state index is 9.50. The molecule has 0 radical (unpaired) electrons. The molecule has 0 spiro atoms. The first-order chi connectivity index (χ1) is 7.01. The van der Waals surface area contributed by atoms with Gasteiger partial charge in [-0.05, 0) is 33.9 Å². The lowest BCUT2D eigenvalue weighted by atomic mass is 10.0. The first kappa shape index (κ1) is 14.6. The second-order valence-electron chi connectivity index (χ2n) is 4.73. The van der Waals surface area contributed by atoms with Crippen molar-refractivity contribution in [2.24, 2.45) is 5.92 Å². The lowest BCUT2D eigenvalue weighted by Crippen LogP contribution is -2.46. The predicted octanol–water partition coefficient (Wildman–Crippen LogP) is 1.53. The Morgan fingerprint density at radius 2 is 1.93 bits per heavy atom. The number of carbonyl (C=O) groups is 1. The second-order valence-corrected chi connectivity index (χ2v) is 4.73. The molecule has 1 rings (SSSR count). The third kappa shape index (κ3) is 6.63. The number of carbonyl (C=O) groups excluding carboxylic acids is 1. The van der Waals surface area contributed by atoms with Crippen LogP contribution in [0.25, 0.3) is 0 Å². The van der Waals surface area contributed by atoms with E-state index in [1.165, 1.54) is 19.4 Å². The van der Waals surface area contributed by atoms with E-state index < -0.39 is 0 Å². The van der Waals surface area contributed by atoms with Crippen LogP contribution in [0.1, 0.15) is 33.6 Å². The van der Waals surface area contributed by atoms with Gasteiger partial charge in [-0.15, -0.1) is 0 Å². The van der Waals surface area contributed by atoms with Gasteiger partial charge in [-0.25, -0.2) is 0 Å². The molecule has 0 aromatic heterocycles. The Balaban J connectivity index is 0.000000336. The van der Waals surface area contributed by atoms with Gasteiger partial charge in [0, 0.05) is 24.5 Å². The molecule has 2 unspecified atom stereocenters. The van der Waals surface area contributed by atoms with Crippen LogP contribution in [0.15, 0.2) is 0 Å². The Hall–Kier alpha value is -0.410. The standard InChI is InChI=1S/C8H18N2.C4H8O/c1-7-4-5-8(9-2)6-10(7)3;1-4(2)3-5/h7-9H,4-6H2,1-3H3;3-4H,1-2H3. The molecule has 15 heavy (non-hydrogen) atoms. The minimum Gasteiger partial charge on any atom is -0.316 e. The first-order valence-electron chi connectivity index (χ1n) is 5.84. The molecule has 90 valence electrons. The SMILES string of the molecule is CC(C)C=O.CNC1CCC(C)N(C)C1. The van der Waals surface area contributed by atoms with Crippen LogP contribution in [0.3, 0.4) is 0 Å². The zero-order chi connectivity index (χ0) is 11.8. The molecule has 3 nitrogen and oxygen atoms in total. The van der Waals surface area contributed by atoms with Crippen LogP contribution in [-0.2, 0) is 4.79 Å². The molecule has 0 bridgehead atoms. The molecule has 2 atom stereocenters. The summed E-state index contributed by atoms with van der Waals surface area (Å²) >= 11 is 0. The normalized spacial score (nSPS) is 27.1. The van der Waals surface area contributed by atoms with Gasteiger partial charge in [0.1, 0.15) is 6.29 Å². The van der Waals surface area contributed by atoms with Gasteiger partial charge >= 0.3 is 0 Å². The van der Waals surface area contributed by atoms with Gasteiger partial charge in [0.2, 0.25) is 0 Å². The number of rotatable bonds is 2. The summed E-state index contributed by atoms with van der Waals surface area (Å²) in [5.74, 6) is 0.204. The Morgan fingerprint density at radius 1 is 1.40 bits per heavy atom. The summed E-state index contributed by atoms with van der Waals surface area (Å²) in [6, 6.07) is 1.51. The van der Waals surface area contributed by atoms with Gasteiger partial charge in [-0.3, -0.25) is 0 Å². The van der Waals surface area contributed by atoms with Gasteiger partial charge in [0.05, 0.1) is 0 Å². The van der Waals surface area contributed by atoms with E-state index >= 15 is 0 Å². The highest BCUT2D eigenvalue weighted by molar-refractivity contribution is 5.51. The molecule has 1 aliphatic rings. The summed E-state index contributed by atoms with van der Waals surface area (Å²) in [4.78, 5) is 11.9. The van der Waals surface area contributed by atoms with E-state index in [9.17, 15) is 4.79 Å². The van der Waals surface area contributed by atoms with Crippen LogP contribution in [0.4, 0.5) is 0 Å². The Labute approximate surface area is 94.2 Å². The van der Waals surface area contributed by atoms with Gasteiger partial charge in [0.25, 0.3) is 0 Å². The molecule has 3 heteroatoms. The summed E-state index contributed by atoms with van der Waals surface area (Å²) < 4.78 is 0. The molecule has 0 saturated carbocycles. The molecule has 1 aliphatic heterocycles. The zero-order valence-electron chi connectivity index (χ0n) is 10.8. The van der Waals surface area contributed by atoms with E-state index in [4.69, 9.17) is 0 Å². The van der Waals surface area contributed by atoms with E-state index in [-0.39, 0.29) is 5.92 Å². The minimum absolute atomic E-state index is 0.204. The number of aldehydes is 1. The van der Waals surface area contributed by atoms with Gasteiger partial charge in [0.15, 0.2) is 0 Å². The number of likely N-dealkylation sites (N-methyl/N-ethyl adjacent to an activating group) is 2. The predicted molar refractivity (Wildman–Crippen MR) is 65.1 cm³/mol. The summed E-state index contributed by atoms with van der Waals surface area (Å²) in [5, 5.41) is 3.31. The van der Waals surface area contributed by atoms with Crippen molar-refractivity contribution in [2.75, 3.05) is 20.6 Å². The summed E-state index contributed by atoms with van der Waals surface area (Å²) in [6.45, 7) is 7.21. The van der Waals surface area contributed by atoms with Gasteiger partial charge < -0.3 is 15.0 Å². The Morgan fingerprint density at radius 3 is 2.27 bits per heavy atom. The number of nitrogens with zero attached hydrogens (tertiary/aromatic N) is 1. The molecular weight excluding hydrogens is 188 g/mol. The third-order valence-electron chi connectivity index (χ3n) is 2.87. The van der Waals surface area contributed by atoms with Crippen LogP contribution in [0.5, 0.6) is 0 Å². The van der Waals surface area contributed by atoms with E-state index in [1.807, 2.05) is 13.8 Å². The number of nitrogens with one attached hydrogen (secondary N) is 1. The monoisotopic (exact) mass is 214 g/mol. The average Bonchev–Trinajstić information content (AvgIpc) is 2.23. The zero-order valence-corrected chi connectivity index (χ0v) is 10.8. The largest absolute Gasteiger partial charge is 0.316 e. The molecule has 0 aromatic rings. The van der Waals surface area contributed by atoms with Crippen molar-refractivity contribution in [2.45, 2.75) is 45.7 Å². The molecule has 0 aliphatic carbocycles. The minimum atomic E-state index is 0.204. The highest BCUT2D eigenvalue weighted by Gasteiger charge is 2.20. The van der Waals surface area contributed by atoms with E-state index in [2.05, 4.69) is 31.2 Å². The van der Waals surface area contributed by atoms with Crippen molar-refractivity contribution in [1.29, 1.82) is 0 Å².